The molecule has 2 heterocycles. The quantitative estimate of drug-likeness (QED) is 0.443. The molecule has 0 spiro atoms. The molecule has 31 heavy (non-hydrogen) atoms. The van der Waals surface area contributed by atoms with E-state index in [2.05, 4.69) is 16.0 Å². The van der Waals surface area contributed by atoms with Crippen molar-refractivity contribution in [3.63, 3.8) is 0 Å². The molecule has 2 aromatic carbocycles. The van der Waals surface area contributed by atoms with Crippen molar-refractivity contribution >= 4 is 28.7 Å². The normalized spacial score (nSPS) is 11.6. The number of aryl methyl sites for hydroxylation is 3. The van der Waals surface area contributed by atoms with Gasteiger partial charge < -0.3 is 14.7 Å². The van der Waals surface area contributed by atoms with E-state index in [0.29, 0.717) is 11.4 Å². The highest BCUT2D eigenvalue weighted by atomic mass is 16.4. The lowest BCUT2D eigenvalue weighted by atomic mass is 10.1. The number of aromatic amines is 1. The Morgan fingerprint density at radius 1 is 1.10 bits per heavy atom. The van der Waals surface area contributed by atoms with Gasteiger partial charge >= 0.3 is 5.97 Å². The summed E-state index contributed by atoms with van der Waals surface area (Å²) in [4.78, 5) is 19.0. The largest absolute Gasteiger partial charge is 0.478 e. The standard InChI is InChI=1S/C25H22N4O2/c1-14-9-22-23(10-15(14)2)28-24(27-22)20(13-26)12-19-11-16(3)29(17(19)4)21-7-5-18(6-8-21)25(30)31/h5-12H,1-4H3,(H,27,28)(H,30,31)/b20-12+. The van der Waals surface area contributed by atoms with Crippen LogP contribution in [0, 0.1) is 39.0 Å². The van der Waals surface area contributed by atoms with Gasteiger partial charge in [-0.05, 0) is 92.9 Å². The number of aromatic carboxylic acids is 1. The van der Waals surface area contributed by atoms with Gasteiger partial charge in [-0.25, -0.2) is 9.78 Å². The second-order valence-electron chi connectivity index (χ2n) is 7.72. The third-order valence-corrected chi connectivity index (χ3v) is 5.62. The van der Waals surface area contributed by atoms with Gasteiger partial charge in [0.1, 0.15) is 11.9 Å². The summed E-state index contributed by atoms with van der Waals surface area (Å²) in [5, 5.41) is 18.9. The Morgan fingerprint density at radius 2 is 1.77 bits per heavy atom. The Bertz CT molecular complexity index is 1360. The molecule has 0 bridgehead atoms. The molecule has 6 nitrogen and oxygen atoms in total. The summed E-state index contributed by atoms with van der Waals surface area (Å²) in [6, 6.07) is 15.1. The van der Waals surface area contributed by atoms with Gasteiger partial charge in [-0.3, -0.25) is 0 Å². The zero-order valence-electron chi connectivity index (χ0n) is 17.8. The van der Waals surface area contributed by atoms with Gasteiger partial charge in [0.25, 0.3) is 0 Å². The van der Waals surface area contributed by atoms with Crippen molar-refractivity contribution < 1.29 is 9.90 Å². The van der Waals surface area contributed by atoms with Crippen molar-refractivity contribution in [3.05, 3.63) is 81.9 Å². The average molecular weight is 410 g/mol. The third kappa shape index (κ3) is 3.62. The highest BCUT2D eigenvalue weighted by Gasteiger charge is 2.14. The van der Waals surface area contributed by atoms with Gasteiger partial charge in [-0.1, -0.05) is 0 Å². The van der Waals surface area contributed by atoms with E-state index in [0.717, 1.165) is 39.2 Å². The Kier molecular flexibility index (Phi) is 4.96. The molecule has 0 amide bonds. The molecule has 154 valence electrons. The minimum atomic E-state index is -0.953. The van der Waals surface area contributed by atoms with Crippen LogP contribution in [0.25, 0.3) is 28.4 Å². The van der Waals surface area contributed by atoms with Crippen LogP contribution in [-0.4, -0.2) is 25.6 Å². The molecule has 4 rings (SSSR count). The monoisotopic (exact) mass is 410 g/mol. The highest BCUT2D eigenvalue weighted by Crippen LogP contribution is 2.26. The lowest BCUT2D eigenvalue weighted by molar-refractivity contribution is 0.0697. The molecule has 2 N–H and O–H groups in total. The van der Waals surface area contributed by atoms with Crippen molar-refractivity contribution in [2.45, 2.75) is 27.7 Å². The van der Waals surface area contributed by atoms with Crippen molar-refractivity contribution in [1.82, 2.24) is 14.5 Å². The maximum absolute atomic E-state index is 11.1. The summed E-state index contributed by atoms with van der Waals surface area (Å²) in [7, 11) is 0. The maximum atomic E-state index is 11.1. The fourth-order valence-corrected chi connectivity index (χ4v) is 3.79. The van der Waals surface area contributed by atoms with Gasteiger partial charge in [-0.15, -0.1) is 0 Å². The smallest absolute Gasteiger partial charge is 0.335 e. The number of nitriles is 1. The second kappa shape index (κ2) is 7.62. The Balaban J connectivity index is 1.76. The lowest BCUT2D eigenvalue weighted by Gasteiger charge is -2.10. The predicted octanol–water partition coefficient (Wildman–Crippen LogP) is 5.35. The van der Waals surface area contributed by atoms with Crippen LogP contribution in [-0.2, 0) is 0 Å². The minimum Gasteiger partial charge on any atom is -0.478 e. The van der Waals surface area contributed by atoms with Crippen molar-refractivity contribution in [2.75, 3.05) is 0 Å². The van der Waals surface area contributed by atoms with Crippen molar-refractivity contribution in [2.24, 2.45) is 0 Å². The molecule has 0 atom stereocenters. The number of hydrogen-bond donors (Lipinski definition) is 2. The van der Waals surface area contributed by atoms with E-state index in [4.69, 9.17) is 5.11 Å². The van der Waals surface area contributed by atoms with Crippen molar-refractivity contribution in [1.29, 1.82) is 5.26 Å². The number of fused-ring (bicyclic) bond motifs is 1. The molecule has 0 aliphatic rings. The summed E-state index contributed by atoms with van der Waals surface area (Å²) in [6.45, 7) is 8.05. The lowest BCUT2D eigenvalue weighted by Crippen LogP contribution is -2.01. The SMILES string of the molecule is Cc1cc2nc(/C(C#N)=C/c3cc(C)n(-c4ccc(C(=O)O)cc4)c3C)[nH]c2cc1C. The number of benzene rings is 2. The molecule has 4 aromatic rings. The number of hydrogen-bond acceptors (Lipinski definition) is 3. The molecule has 0 saturated carbocycles. The van der Waals surface area contributed by atoms with E-state index in [1.54, 1.807) is 24.3 Å². The Morgan fingerprint density at radius 3 is 2.42 bits per heavy atom. The molecule has 0 aliphatic heterocycles. The first kappa shape index (κ1) is 20.2. The topological polar surface area (TPSA) is 94.7 Å². The molecular formula is C25H22N4O2. The fraction of sp³-hybridized carbons (Fsp3) is 0.160. The molecule has 0 unspecified atom stereocenters. The molecule has 0 fully saturated rings. The van der Waals surface area contributed by atoms with Gasteiger partial charge in [0.15, 0.2) is 0 Å². The first-order valence-electron chi connectivity index (χ1n) is 9.90. The van der Waals surface area contributed by atoms with Crippen LogP contribution in [0.15, 0.2) is 42.5 Å². The molecule has 0 aliphatic carbocycles. The van der Waals surface area contributed by atoms with Crippen LogP contribution in [0.1, 0.15) is 44.3 Å². The van der Waals surface area contributed by atoms with Gasteiger partial charge in [0.05, 0.1) is 22.2 Å². The third-order valence-electron chi connectivity index (χ3n) is 5.62. The van der Waals surface area contributed by atoms with E-state index in [1.807, 2.05) is 56.5 Å². The van der Waals surface area contributed by atoms with E-state index >= 15 is 0 Å². The number of nitrogens with one attached hydrogen (secondary N) is 1. The van der Waals surface area contributed by atoms with E-state index < -0.39 is 5.97 Å². The number of carboxylic acid groups (broad SMARTS) is 1. The molecule has 6 heteroatoms. The number of H-pyrrole nitrogens is 1. The van der Waals surface area contributed by atoms with E-state index in [9.17, 15) is 10.1 Å². The fourth-order valence-electron chi connectivity index (χ4n) is 3.79. The van der Waals surface area contributed by atoms with Crippen LogP contribution in [0.2, 0.25) is 0 Å². The molecular weight excluding hydrogens is 388 g/mol. The van der Waals surface area contributed by atoms with Gasteiger partial charge in [0, 0.05) is 17.1 Å². The summed E-state index contributed by atoms with van der Waals surface area (Å²) in [6.07, 6.45) is 1.84. The number of carbonyl (C=O) groups is 1. The summed E-state index contributed by atoms with van der Waals surface area (Å²) in [5.74, 6) is -0.413. The van der Waals surface area contributed by atoms with Crippen LogP contribution in [0.4, 0.5) is 0 Å². The summed E-state index contributed by atoms with van der Waals surface area (Å²) >= 11 is 0. The zero-order valence-corrected chi connectivity index (χ0v) is 17.8. The van der Waals surface area contributed by atoms with E-state index in [-0.39, 0.29) is 5.56 Å². The Labute approximate surface area is 180 Å². The molecule has 2 aromatic heterocycles. The van der Waals surface area contributed by atoms with Crippen LogP contribution in [0.3, 0.4) is 0 Å². The van der Waals surface area contributed by atoms with Crippen LogP contribution >= 0.6 is 0 Å². The number of carboxylic acids is 1. The number of nitrogens with zero attached hydrogens (tertiary/aromatic N) is 3. The first-order chi connectivity index (χ1) is 14.8. The zero-order chi connectivity index (χ0) is 22.3. The number of imidazole rings is 1. The summed E-state index contributed by atoms with van der Waals surface area (Å²) < 4.78 is 2.04. The average Bonchev–Trinajstić information content (AvgIpc) is 3.26. The van der Waals surface area contributed by atoms with Gasteiger partial charge in [0.2, 0.25) is 0 Å². The second-order valence-corrected chi connectivity index (χ2v) is 7.72. The molecule has 0 radical (unpaired) electrons. The Hall–Kier alpha value is -4.11. The highest BCUT2D eigenvalue weighted by molar-refractivity contribution is 5.91. The van der Waals surface area contributed by atoms with Gasteiger partial charge in [-0.2, -0.15) is 5.26 Å². The van der Waals surface area contributed by atoms with Crippen molar-refractivity contribution in [3.8, 4) is 11.8 Å². The van der Waals surface area contributed by atoms with E-state index in [1.165, 1.54) is 5.56 Å². The minimum absolute atomic E-state index is 0.244. The number of rotatable bonds is 4. The predicted molar refractivity (Wildman–Crippen MR) is 121 cm³/mol. The first-order valence-corrected chi connectivity index (χ1v) is 9.90. The van der Waals surface area contributed by atoms with Crippen LogP contribution in [0.5, 0.6) is 0 Å². The number of aromatic nitrogens is 3. The van der Waals surface area contributed by atoms with Crippen LogP contribution < -0.4 is 0 Å². The number of allylic oxidation sites excluding steroid dienone is 1. The maximum Gasteiger partial charge on any atom is 0.335 e. The molecule has 0 saturated heterocycles. The summed E-state index contributed by atoms with van der Waals surface area (Å²) in [5.41, 5.74) is 8.48.